The van der Waals surface area contributed by atoms with Crippen LogP contribution in [0.5, 0.6) is 5.75 Å². The molecule has 1 fully saturated rings. The summed E-state index contributed by atoms with van der Waals surface area (Å²) in [5.74, 6) is 0.608. The predicted molar refractivity (Wildman–Crippen MR) is 112 cm³/mol. The maximum absolute atomic E-state index is 13.8. The maximum atomic E-state index is 13.8. The van der Waals surface area contributed by atoms with Crippen molar-refractivity contribution in [3.8, 4) is 5.75 Å². The summed E-state index contributed by atoms with van der Waals surface area (Å²) in [4.78, 5) is 29.7. The number of benzene rings is 1. The average Bonchev–Trinajstić information content (AvgIpc) is 2.80. The van der Waals surface area contributed by atoms with Crippen LogP contribution in [0.25, 0.3) is 0 Å². The van der Waals surface area contributed by atoms with Crippen molar-refractivity contribution in [2.24, 2.45) is 0 Å². The number of methoxy groups -OCH3 is 1. The Balaban J connectivity index is 1.35. The fraction of sp³-hybridized carbons (Fsp3) is 0.238. The van der Waals surface area contributed by atoms with Crippen molar-refractivity contribution in [2.75, 3.05) is 48.4 Å². The highest BCUT2D eigenvalue weighted by Crippen LogP contribution is 2.19. The molecule has 0 radical (unpaired) electrons. The van der Waals surface area contributed by atoms with E-state index in [0.29, 0.717) is 11.6 Å². The third-order valence-corrected chi connectivity index (χ3v) is 4.85. The van der Waals surface area contributed by atoms with Gasteiger partial charge in [0.1, 0.15) is 5.82 Å². The van der Waals surface area contributed by atoms with E-state index in [9.17, 15) is 9.18 Å². The normalized spacial score (nSPS) is 13.8. The second-order valence-corrected chi connectivity index (χ2v) is 6.74. The molecular weight excluding hydrogens is 387 g/mol. The summed E-state index contributed by atoms with van der Waals surface area (Å²) in [7, 11) is 1.37. The van der Waals surface area contributed by atoms with Gasteiger partial charge in [0.2, 0.25) is 5.95 Å². The highest BCUT2D eigenvalue weighted by atomic mass is 19.1. The van der Waals surface area contributed by atoms with Crippen molar-refractivity contribution >= 4 is 23.4 Å². The molecule has 0 saturated carbocycles. The molecule has 1 aliphatic heterocycles. The van der Waals surface area contributed by atoms with Gasteiger partial charge in [-0.05, 0) is 30.3 Å². The van der Waals surface area contributed by atoms with Gasteiger partial charge in [-0.2, -0.15) is 0 Å². The van der Waals surface area contributed by atoms with E-state index >= 15 is 0 Å². The van der Waals surface area contributed by atoms with Crippen LogP contribution in [0.4, 0.5) is 21.8 Å². The van der Waals surface area contributed by atoms with Crippen LogP contribution in [0, 0.1) is 5.82 Å². The number of ether oxygens (including phenoxy) is 1. The number of anilines is 3. The van der Waals surface area contributed by atoms with Crippen molar-refractivity contribution < 1.29 is 13.9 Å². The molecule has 1 saturated heterocycles. The smallest absolute Gasteiger partial charge is 0.255 e. The first-order valence-corrected chi connectivity index (χ1v) is 9.52. The lowest BCUT2D eigenvalue weighted by Crippen LogP contribution is -2.47. The van der Waals surface area contributed by atoms with Gasteiger partial charge >= 0.3 is 0 Å². The third-order valence-electron chi connectivity index (χ3n) is 4.85. The van der Waals surface area contributed by atoms with Gasteiger partial charge in [0.05, 0.1) is 25.2 Å². The van der Waals surface area contributed by atoms with Crippen molar-refractivity contribution in [3.63, 3.8) is 0 Å². The molecule has 8 nitrogen and oxygen atoms in total. The van der Waals surface area contributed by atoms with E-state index in [1.165, 1.54) is 19.2 Å². The number of pyridine rings is 1. The van der Waals surface area contributed by atoms with E-state index < -0.39 is 11.7 Å². The van der Waals surface area contributed by atoms with Crippen LogP contribution in [0.3, 0.4) is 0 Å². The Morgan fingerprint density at radius 3 is 2.40 bits per heavy atom. The maximum Gasteiger partial charge on any atom is 0.255 e. The molecule has 3 aromatic rings. The number of hydrogen-bond acceptors (Lipinski definition) is 7. The molecule has 2 aromatic heterocycles. The summed E-state index contributed by atoms with van der Waals surface area (Å²) in [6.45, 7) is 3.19. The minimum absolute atomic E-state index is 0.0855. The first kappa shape index (κ1) is 19.6. The van der Waals surface area contributed by atoms with Crippen LogP contribution in [-0.4, -0.2) is 54.1 Å². The monoisotopic (exact) mass is 408 g/mol. The van der Waals surface area contributed by atoms with Crippen LogP contribution in [-0.2, 0) is 0 Å². The van der Waals surface area contributed by atoms with Gasteiger partial charge in [0.15, 0.2) is 11.6 Å². The van der Waals surface area contributed by atoms with Gasteiger partial charge in [-0.25, -0.2) is 19.3 Å². The van der Waals surface area contributed by atoms with E-state index in [4.69, 9.17) is 4.74 Å². The Morgan fingerprint density at radius 2 is 1.77 bits per heavy atom. The number of rotatable bonds is 5. The SMILES string of the molecule is COc1ccc(C(=O)Nc2cnc(N3CCN(c4ccccn4)CC3)nc2)cc1F. The zero-order chi connectivity index (χ0) is 20.9. The van der Waals surface area contributed by atoms with E-state index in [1.807, 2.05) is 18.2 Å². The lowest BCUT2D eigenvalue weighted by molar-refractivity contribution is 0.102. The summed E-state index contributed by atoms with van der Waals surface area (Å²) < 4.78 is 18.7. The van der Waals surface area contributed by atoms with Crippen molar-refractivity contribution in [3.05, 3.63) is 66.4 Å². The molecule has 1 amide bonds. The number of nitrogens with one attached hydrogen (secondary N) is 1. The van der Waals surface area contributed by atoms with E-state index in [2.05, 4.69) is 30.1 Å². The minimum Gasteiger partial charge on any atom is -0.494 e. The predicted octanol–water partition coefficient (Wildman–Crippen LogP) is 2.60. The first-order chi connectivity index (χ1) is 14.6. The Bertz CT molecular complexity index is 1010. The fourth-order valence-electron chi connectivity index (χ4n) is 3.24. The molecule has 3 heterocycles. The Morgan fingerprint density at radius 1 is 1.03 bits per heavy atom. The molecule has 9 heteroatoms. The van der Waals surface area contributed by atoms with Gasteiger partial charge in [0.25, 0.3) is 5.91 Å². The Hall–Kier alpha value is -3.75. The Kier molecular flexibility index (Phi) is 5.69. The average molecular weight is 408 g/mol. The summed E-state index contributed by atoms with van der Waals surface area (Å²) in [5, 5.41) is 2.68. The van der Waals surface area contributed by atoms with Crippen LogP contribution < -0.4 is 19.9 Å². The summed E-state index contributed by atoms with van der Waals surface area (Å²) in [5.41, 5.74) is 0.620. The zero-order valence-electron chi connectivity index (χ0n) is 16.5. The molecular formula is C21H21FN6O2. The third kappa shape index (κ3) is 4.29. The summed E-state index contributed by atoms with van der Waals surface area (Å²) >= 11 is 0. The molecule has 4 rings (SSSR count). The lowest BCUT2D eigenvalue weighted by atomic mass is 10.2. The molecule has 0 atom stereocenters. The second kappa shape index (κ2) is 8.73. The minimum atomic E-state index is -0.596. The number of carbonyl (C=O) groups is 1. The molecule has 1 N–H and O–H groups in total. The van der Waals surface area contributed by atoms with Crippen LogP contribution in [0.1, 0.15) is 10.4 Å². The highest BCUT2D eigenvalue weighted by molar-refractivity contribution is 6.04. The molecule has 0 unspecified atom stereocenters. The molecule has 30 heavy (non-hydrogen) atoms. The van der Waals surface area contributed by atoms with Crippen molar-refractivity contribution in [1.29, 1.82) is 0 Å². The number of halogens is 1. The van der Waals surface area contributed by atoms with Gasteiger partial charge in [-0.3, -0.25) is 4.79 Å². The highest BCUT2D eigenvalue weighted by Gasteiger charge is 2.20. The summed E-state index contributed by atoms with van der Waals surface area (Å²) in [6, 6.07) is 9.91. The molecule has 0 spiro atoms. The number of nitrogens with zero attached hydrogens (tertiary/aromatic N) is 5. The zero-order valence-corrected chi connectivity index (χ0v) is 16.5. The second-order valence-electron chi connectivity index (χ2n) is 6.74. The number of hydrogen-bond donors (Lipinski definition) is 1. The first-order valence-electron chi connectivity index (χ1n) is 9.52. The van der Waals surface area contributed by atoms with Crippen molar-refractivity contribution in [1.82, 2.24) is 15.0 Å². The number of aromatic nitrogens is 3. The lowest BCUT2D eigenvalue weighted by Gasteiger charge is -2.35. The van der Waals surface area contributed by atoms with Crippen LogP contribution in [0.15, 0.2) is 55.0 Å². The van der Waals surface area contributed by atoms with Gasteiger partial charge in [-0.15, -0.1) is 0 Å². The quantitative estimate of drug-likeness (QED) is 0.695. The number of piperazine rings is 1. The Labute approximate surface area is 173 Å². The molecule has 154 valence electrons. The van der Waals surface area contributed by atoms with Gasteiger partial charge in [-0.1, -0.05) is 6.07 Å². The van der Waals surface area contributed by atoms with E-state index in [1.54, 1.807) is 18.6 Å². The molecule has 0 bridgehead atoms. The van der Waals surface area contributed by atoms with Gasteiger partial charge < -0.3 is 19.9 Å². The largest absolute Gasteiger partial charge is 0.494 e. The topological polar surface area (TPSA) is 83.5 Å². The van der Waals surface area contributed by atoms with Gasteiger partial charge in [0, 0.05) is 37.9 Å². The van der Waals surface area contributed by atoms with E-state index in [0.717, 1.165) is 38.1 Å². The molecule has 1 aromatic carbocycles. The molecule has 1 aliphatic rings. The number of amides is 1. The molecule has 0 aliphatic carbocycles. The van der Waals surface area contributed by atoms with Crippen LogP contribution in [0.2, 0.25) is 0 Å². The van der Waals surface area contributed by atoms with E-state index in [-0.39, 0.29) is 11.3 Å². The van der Waals surface area contributed by atoms with Crippen molar-refractivity contribution in [2.45, 2.75) is 0 Å². The standard InChI is InChI=1S/C21H21FN6O2/c1-30-18-6-5-15(12-17(18)22)20(29)26-16-13-24-21(25-14-16)28-10-8-27(9-11-28)19-4-2-3-7-23-19/h2-7,12-14H,8-11H2,1H3,(H,26,29). The van der Waals surface area contributed by atoms with Crippen LogP contribution >= 0.6 is 0 Å². The number of carbonyl (C=O) groups excluding carboxylic acids is 1. The summed E-state index contributed by atoms with van der Waals surface area (Å²) in [6.07, 6.45) is 4.88. The fourth-order valence-corrected chi connectivity index (χ4v) is 3.24.